The lowest BCUT2D eigenvalue weighted by Crippen LogP contribution is -2.07. The Morgan fingerprint density at radius 3 is 2.64 bits per heavy atom. The summed E-state index contributed by atoms with van der Waals surface area (Å²) in [6, 6.07) is 3.63. The largest absolute Gasteiger partial charge is 0.388 e. The van der Waals surface area contributed by atoms with Gasteiger partial charge in [-0.1, -0.05) is 0 Å². The van der Waals surface area contributed by atoms with E-state index in [0.29, 0.717) is 0 Å². The van der Waals surface area contributed by atoms with Crippen molar-refractivity contribution in [2.24, 2.45) is 0 Å². The second-order valence-electron chi connectivity index (χ2n) is 3.08. The van der Waals surface area contributed by atoms with Gasteiger partial charge in [-0.3, -0.25) is 0 Å². The zero-order valence-electron chi connectivity index (χ0n) is 7.60. The molecule has 0 spiro atoms. The van der Waals surface area contributed by atoms with E-state index < -0.39 is 15.9 Å². The SMILES string of the molecule is CS(=O)(=O)CCC(O)c1ccc(Br)s1. The van der Waals surface area contributed by atoms with Crippen molar-refractivity contribution < 1.29 is 13.5 Å². The number of hydrogen-bond donors (Lipinski definition) is 1. The third-order valence-corrected chi connectivity index (χ3v) is 4.39. The van der Waals surface area contributed by atoms with E-state index in [0.717, 1.165) is 8.66 Å². The van der Waals surface area contributed by atoms with Crippen LogP contribution in [0.25, 0.3) is 0 Å². The van der Waals surface area contributed by atoms with Crippen LogP contribution in [-0.2, 0) is 9.84 Å². The molecule has 80 valence electrons. The molecule has 0 fully saturated rings. The van der Waals surface area contributed by atoms with Crippen LogP contribution >= 0.6 is 27.3 Å². The summed E-state index contributed by atoms with van der Waals surface area (Å²) < 4.78 is 22.6. The highest BCUT2D eigenvalue weighted by Crippen LogP contribution is 2.28. The van der Waals surface area contributed by atoms with Crippen LogP contribution in [0.4, 0.5) is 0 Å². The van der Waals surface area contributed by atoms with Gasteiger partial charge in [-0.05, 0) is 34.5 Å². The topological polar surface area (TPSA) is 54.4 Å². The predicted octanol–water partition coefficient (Wildman–Crippen LogP) is 1.98. The quantitative estimate of drug-likeness (QED) is 0.925. The van der Waals surface area contributed by atoms with Crippen LogP contribution in [0, 0.1) is 0 Å². The maximum atomic E-state index is 10.9. The van der Waals surface area contributed by atoms with E-state index in [2.05, 4.69) is 15.9 Å². The Hall–Kier alpha value is 0.0900. The number of aliphatic hydroxyl groups excluding tert-OH is 1. The van der Waals surface area contributed by atoms with Crippen LogP contribution in [0.2, 0.25) is 0 Å². The normalized spacial score (nSPS) is 14.2. The van der Waals surface area contributed by atoms with Crippen molar-refractivity contribution in [3.8, 4) is 0 Å². The van der Waals surface area contributed by atoms with E-state index in [1.165, 1.54) is 17.6 Å². The first-order valence-electron chi connectivity index (χ1n) is 3.99. The zero-order valence-corrected chi connectivity index (χ0v) is 10.8. The average Bonchev–Trinajstić information content (AvgIpc) is 2.46. The van der Waals surface area contributed by atoms with E-state index >= 15 is 0 Å². The molecule has 0 saturated heterocycles. The van der Waals surface area contributed by atoms with E-state index in [1.807, 2.05) is 6.07 Å². The molecule has 1 aromatic rings. The lowest BCUT2D eigenvalue weighted by Gasteiger charge is -2.06. The monoisotopic (exact) mass is 298 g/mol. The fourth-order valence-electron chi connectivity index (χ4n) is 0.975. The van der Waals surface area contributed by atoms with Gasteiger partial charge in [-0.15, -0.1) is 11.3 Å². The summed E-state index contributed by atoms with van der Waals surface area (Å²) >= 11 is 4.70. The predicted molar refractivity (Wildman–Crippen MR) is 61.3 cm³/mol. The first-order chi connectivity index (χ1) is 6.38. The van der Waals surface area contributed by atoms with Crippen LogP contribution in [0.3, 0.4) is 0 Å². The van der Waals surface area contributed by atoms with E-state index in [9.17, 15) is 13.5 Å². The maximum absolute atomic E-state index is 10.9. The summed E-state index contributed by atoms with van der Waals surface area (Å²) in [4.78, 5) is 0.792. The lowest BCUT2D eigenvalue weighted by molar-refractivity contribution is 0.178. The van der Waals surface area contributed by atoms with Gasteiger partial charge in [0.05, 0.1) is 15.6 Å². The van der Waals surface area contributed by atoms with Gasteiger partial charge in [-0.2, -0.15) is 0 Å². The average molecular weight is 299 g/mol. The molecular weight excluding hydrogens is 288 g/mol. The van der Waals surface area contributed by atoms with Crippen molar-refractivity contribution >= 4 is 37.1 Å². The molecule has 0 amide bonds. The molecule has 6 heteroatoms. The molecule has 0 saturated carbocycles. The fraction of sp³-hybridized carbons (Fsp3) is 0.500. The van der Waals surface area contributed by atoms with E-state index in [-0.39, 0.29) is 12.2 Å². The summed E-state index contributed by atoms with van der Waals surface area (Å²) in [7, 11) is -2.99. The van der Waals surface area contributed by atoms with Crippen LogP contribution in [0.1, 0.15) is 17.4 Å². The second kappa shape index (κ2) is 4.74. The minimum absolute atomic E-state index is 0.0175. The van der Waals surface area contributed by atoms with E-state index in [1.54, 1.807) is 6.07 Å². The third-order valence-electron chi connectivity index (χ3n) is 1.68. The molecule has 1 atom stereocenters. The Morgan fingerprint density at radius 1 is 1.57 bits per heavy atom. The van der Waals surface area contributed by atoms with Gasteiger partial charge in [-0.25, -0.2) is 8.42 Å². The van der Waals surface area contributed by atoms with Crippen molar-refractivity contribution in [3.63, 3.8) is 0 Å². The molecule has 0 aliphatic rings. The molecule has 3 nitrogen and oxygen atoms in total. The molecule has 1 rings (SSSR count). The summed E-state index contributed by atoms with van der Waals surface area (Å²) in [5.41, 5.74) is 0. The lowest BCUT2D eigenvalue weighted by atomic mass is 10.2. The van der Waals surface area contributed by atoms with Crippen molar-refractivity contribution in [3.05, 3.63) is 20.8 Å². The molecule has 0 radical (unpaired) electrons. The highest BCUT2D eigenvalue weighted by Gasteiger charge is 2.12. The van der Waals surface area contributed by atoms with Crippen LogP contribution in [0.15, 0.2) is 15.9 Å². The van der Waals surface area contributed by atoms with Crippen LogP contribution < -0.4 is 0 Å². The van der Waals surface area contributed by atoms with E-state index in [4.69, 9.17) is 0 Å². The van der Waals surface area contributed by atoms with Gasteiger partial charge in [0, 0.05) is 11.1 Å². The first kappa shape index (κ1) is 12.2. The number of hydrogen-bond acceptors (Lipinski definition) is 4. The Balaban J connectivity index is 2.55. The van der Waals surface area contributed by atoms with Gasteiger partial charge >= 0.3 is 0 Å². The molecule has 0 aliphatic heterocycles. The number of halogens is 1. The zero-order chi connectivity index (χ0) is 10.8. The summed E-state index contributed by atoms with van der Waals surface area (Å²) in [5.74, 6) is 0.0175. The molecule has 1 aromatic heterocycles. The molecule has 0 bridgehead atoms. The van der Waals surface area contributed by atoms with Gasteiger partial charge in [0.1, 0.15) is 9.84 Å². The Kier molecular flexibility index (Phi) is 4.12. The van der Waals surface area contributed by atoms with Crippen LogP contribution in [0.5, 0.6) is 0 Å². The number of rotatable bonds is 4. The van der Waals surface area contributed by atoms with Gasteiger partial charge in [0.15, 0.2) is 0 Å². The molecule has 14 heavy (non-hydrogen) atoms. The minimum atomic E-state index is -2.99. The smallest absolute Gasteiger partial charge is 0.147 e. The molecule has 1 unspecified atom stereocenters. The molecule has 1 N–H and O–H groups in total. The Bertz CT molecular complexity index is 396. The Labute approximate surface area is 95.8 Å². The highest BCUT2D eigenvalue weighted by atomic mass is 79.9. The van der Waals surface area contributed by atoms with Crippen molar-refractivity contribution in [2.75, 3.05) is 12.0 Å². The number of sulfone groups is 1. The molecular formula is C8H11BrO3S2. The summed E-state index contributed by atoms with van der Waals surface area (Å²) in [6.07, 6.45) is 0.747. The standard InChI is InChI=1S/C8H11BrO3S2/c1-14(11,12)5-4-6(10)7-2-3-8(9)13-7/h2-3,6,10H,4-5H2,1H3. The Morgan fingerprint density at radius 2 is 2.21 bits per heavy atom. The van der Waals surface area contributed by atoms with Gasteiger partial charge in [0.2, 0.25) is 0 Å². The summed E-state index contributed by atoms with van der Waals surface area (Å²) in [5, 5.41) is 9.62. The molecule has 1 heterocycles. The van der Waals surface area contributed by atoms with Crippen molar-refractivity contribution in [2.45, 2.75) is 12.5 Å². The van der Waals surface area contributed by atoms with Crippen molar-refractivity contribution in [1.82, 2.24) is 0 Å². The third kappa shape index (κ3) is 4.08. The summed E-state index contributed by atoms with van der Waals surface area (Å²) in [6.45, 7) is 0. The van der Waals surface area contributed by atoms with Gasteiger partial charge < -0.3 is 5.11 Å². The van der Waals surface area contributed by atoms with Crippen LogP contribution in [-0.4, -0.2) is 25.5 Å². The highest BCUT2D eigenvalue weighted by molar-refractivity contribution is 9.11. The second-order valence-corrected chi connectivity index (χ2v) is 7.83. The fourth-order valence-corrected chi connectivity index (χ4v) is 3.07. The maximum Gasteiger partial charge on any atom is 0.147 e. The first-order valence-corrected chi connectivity index (χ1v) is 7.66. The molecule has 0 aliphatic carbocycles. The van der Waals surface area contributed by atoms with Gasteiger partial charge in [0.25, 0.3) is 0 Å². The van der Waals surface area contributed by atoms with Crippen molar-refractivity contribution in [1.29, 1.82) is 0 Å². The minimum Gasteiger partial charge on any atom is -0.388 e. The number of aliphatic hydroxyl groups is 1. The number of thiophene rings is 1. The molecule has 0 aromatic carbocycles.